The van der Waals surface area contributed by atoms with Crippen LogP contribution in [0, 0.1) is 0 Å². The van der Waals surface area contributed by atoms with E-state index in [1.54, 1.807) is 37.4 Å². The van der Waals surface area contributed by atoms with E-state index in [0.717, 1.165) is 11.3 Å². The van der Waals surface area contributed by atoms with E-state index in [9.17, 15) is 8.42 Å². The molecule has 0 aliphatic rings. The lowest BCUT2D eigenvalue weighted by Crippen LogP contribution is -2.26. The van der Waals surface area contributed by atoms with Crippen LogP contribution in [0.4, 0.5) is 0 Å². The summed E-state index contributed by atoms with van der Waals surface area (Å²) in [5.41, 5.74) is 0.978. The van der Waals surface area contributed by atoms with Crippen molar-refractivity contribution in [3.63, 3.8) is 0 Å². The van der Waals surface area contributed by atoms with E-state index in [4.69, 9.17) is 4.74 Å². The molecule has 106 valence electrons. The third-order valence-electron chi connectivity index (χ3n) is 2.93. The van der Waals surface area contributed by atoms with Gasteiger partial charge in [-0.1, -0.05) is 36.4 Å². The highest BCUT2D eigenvalue weighted by Crippen LogP contribution is 2.17. The number of benzene rings is 2. The number of hydrogen-bond acceptors (Lipinski definition) is 3. The van der Waals surface area contributed by atoms with Gasteiger partial charge in [-0.15, -0.1) is 0 Å². The molecule has 0 saturated heterocycles. The van der Waals surface area contributed by atoms with E-state index in [-0.39, 0.29) is 4.90 Å². The van der Waals surface area contributed by atoms with Gasteiger partial charge >= 0.3 is 0 Å². The molecule has 2 rings (SSSR count). The number of hydrogen-bond donors (Lipinski definition) is 1. The molecule has 0 aliphatic heterocycles. The van der Waals surface area contributed by atoms with Gasteiger partial charge < -0.3 is 4.74 Å². The number of ether oxygens (including phenoxy) is 1. The summed E-state index contributed by atoms with van der Waals surface area (Å²) < 4.78 is 31.9. The van der Waals surface area contributed by atoms with Gasteiger partial charge in [-0.2, -0.15) is 0 Å². The van der Waals surface area contributed by atoms with E-state index < -0.39 is 10.0 Å². The van der Waals surface area contributed by atoms with Crippen molar-refractivity contribution < 1.29 is 13.2 Å². The lowest BCUT2D eigenvalue weighted by molar-refractivity contribution is 0.409. The molecule has 0 aromatic heterocycles. The van der Waals surface area contributed by atoms with Gasteiger partial charge in [0.15, 0.2) is 0 Å². The standard InChI is InChI=1S/C15H17NO3S/c1-19-15-10-6-5-7-13(15)11-12-16-20(17,18)14-8-3-2-4-9-14/h2-10,16H,11-12H2,1H3. The molecule has 0 aliphatic carbocycles. The molecule has 0 saturated carbocycles. The Morgan fingerprint density at radius 1 is 1.00 bits per heavy atom. The Balaban J connectivity index is 1.99. The SMILES string of the molecule is COc1ccccc1CCNS(=O)(=O)c1ccccc1. The van der Waals surface area contributed by atoms with Crippen LogP contribution in [0.2, 0.25) is 0 Å². The number of nitrogens with one attached hydrogen (secondary N) is 1. The van der Waals surface area contributed by atoms with Crippen molar-refractivity contribution in [2.45, 2.75) is 11.3 Å². The number of sulfonamides is 1. The normalized spacial score (nSPS) is 11.2. The third-order valence-corrected chi connectivity index (χ3v) is 4.41. The Kier molecular flexibility index (Phi) is 4.76. The summed E-state index contributed by atoms with van der Waals surface area (Å²) in [4.78, 5) is 0.278. The first-order valence-corrected chi connectivity index (χ1v) is 7.78. The maximum atomic E-state index is 12.0. The zero-order valence-corrected chi connectivity index (χ0v) is 12.1. The topological polar surface area (TPSA) is 55.4 Å². The molecule has 2 aromatic carbocycles. The van der Waals surface area contributed by atoms with Crippen molar-refractivity contribution in [1.82, 2.24) is 4.72 Å². The summed E-state index contributed by atoms with van der Waals surface area (Å²) in [5, 5.41) is 0. The fourth-order valence-electron chi connectivity index (χ4n) is 1.91. The van der Waals surface area contributed by atoms with Crippen LogP contribution in [-0.2, 0) is 16.4 Å². The fraction of sp³-hybridized carbons (Fsp3) is 0.200. The third kappa shape index (κ3) is 3.59. The second kappa shape index (κ2) is 6.54. The average molecular weight is 291 g/mol. The zero-order valence-electron chi connectivity index (χ0n) is 11.2. The van der Waals surface area contributed by atoms with Crippen molar-refractivity contribution in [1.29, 1.82) is 0 Å². The molecule has 0 amide bonds. The smallest absolute Gasteiger partial charge is 0.240 e. The monoisotopic (exact) mass is 291 g/mol. The predicted molar refractivity (Wildman–Crippen MR) is 78.3 cm³/mol. The maximum Gasteiger partial charge on any atom is 0.240 e. The molecular weight excluding hydrogens is 274 g/mol. The highest BCUT2D eigenvalue weighted by atomic mass is 32.2. The quantitative estimate of drug-likeness (QED) is 0.888. The van der Waals surface area contributed by atoms with Gasteiger partial charge in [-0.05, 0) is 30.2 Å². The first-order valence-electron chi connectivity index (χ1n) is 6.30. The van der Waals surface area contributed by atoms with Crippen LogP contribution in [0.1, 0.15) is 5.56 Å². The first kappa shape index (κ1) is 14.6. The van der Waals surface area contributed by atoms with Gasteiger partial charge in [-0.3, -0.25) is 0 Å². The second-order valence-corrected chi connectivity index (χ2v) is 6.04. The molecule has 0 bridgehead atoms. The van der Waals surface area contributed by atoms with E-state index in [0.29, 0.717) is 13.0 Å². The van der Waals surface area contributed by atoms with Crippen LogP contribution in [0.3, 0.4) is 0 Å². The lowest BCUT2D eigenvalue weighted by Gasteiger charge is -2.09. The van der Waals surface area contributed by atoms with E-state index >= 15 is 0 Å². The van der Waals surface area contributed by atoms with Crippen molar-refractivity contribution in [3.05, 3.63) is 60.2 Å². The van der Waals surface area contributed by atoms with E-state index in [2.05, 4.69) is 4.72 Å². The minimum Gasteiger partial charge on any atom is -0.496 e. The highest BCUT2D eigenvalue weighted by molar-refractivity contribution is 7.89. The molecule has 1 N–H and O–H groups in total. The van der Waals surface area contributed by atoms with Crippen molar-refractivity contribution >= 4 is 10.0 Å². The van der Waals surface area contributed by atoms with Crippen LogP contribution < -0.4 is 9.46 Å². The van der Waals surface area contributed by atoms with Crippen molar-refractivity contribution in [3.8, 4) is 5.75 Å². The van der Waals surface area contributed by atoms with Gasteiger partial charge in [-0.25, -0.2) is 13.1 Å². The van der Waals surface area contributed by atoms with Gasteiger partial charge in [0.1, 0.15) is 5.75 Å². The summed E-state index contributed by atoms with van der Waals surface area (Å²) in [6.07, 6.45) is 0.579. The average Bonchev–Trinajstić information content (AvgIpc) is 2.48. The molecule has 2 aromatic rings. The summed E-state index contributed by atoms with van der Waals surface area (Å²) in [6, 6.07) is 15.9. The van der Waals surface area contributed by atoms with E-state index in [1.165, 1.54) is 0 Å². The molecule has 0 heterocycles. The molecule has 20 heavy (non-hydrogen) atoms. The predicted octanol–water partition coefficient (Wildman–Crippen LogP) is 2.22. The number of rotatable bonds is 6. The molecular formula is C15H17NO3S. The zero-order chi connectivity index (χ0) is 14.4. The first-order chi connectivity index (χ1) is 9.63. The molecule has 0 spiro atoms. The summed E-state index contributed by atoms with van der Waals surface area (Å²) in [6.45, 7) is 0.331. The lowest BCUT2D eigenvalue weighted by atomic mass is 10.1. The molecule has 4 nitrogen and oxygen atoms in total. The van der Waals surface area contributed by atoms with Gasteiger partial charge in [0.2, 0.25) is 10.0 Å². The van der Waals surface area contributed by atoms with Crippen LogP contribution in [0.5, 0.6) is 5.75 Å². The maximum absolute atomic E-state index is 12.0. The van der Waals surface area contributed by atoms with Gasteiger partial charge in [0.05, 0.1) is 12.0 Å². The van der Waals surface area contributed by atoms with E-state index in [1.807, 2.05) is 24.3 Å². The molecule has 0 fully saturated rings. The Morgan fingerprint density at radius 2 is 1.65 bits per heavy atom. The highest BCUT2D eigenvalue weighted by Gasteiger charge is 2.12. The van der Waals surface area contributed by atoms with Crippen molar-refractivity contribution in [2.75, 3.05) is 13.7 Å². The molecule has 5 heteroatoms. The summed E-state index contributed by atoms with van der Waals surface area (Å²) in [7, 11) is -1.84. The minimum atomic E-state index is -3.44. The number of para-hydroxylation sites is 1. The Hall–Kier alpha value is -1.85. The Labute approximate surface area is 119 Å². The number of methoxy groups -OCH3 is 1. The molecule has 0 unspecified atom stereocenters. The van der Waals surface area contributed by atoms with Crippen molar-refractivity contribution in [2.24, 2.45) is 0 Å². The largest absolute Gasteiger partial charge is 0.496 e. The van der Waals surface area contributed by atoms with Crippen LogP contribution in [0.15, 0.2) is 59.5 Å². The fourth-order valence-corrected chi connectivity index (χ4v) is 2.97. The van der Waals surface area contributed by atoms with Crippen LogP contribution in [0.25, 0.3) is 0 Å². The van der Waals surface area contributed by atoms with Gasteiger partial charge in [0.25, 0.3) is 0 Å². The second-order valence-electron chi connectivity index (χ2n) is 4.27. The Bertz CT molecular complexity index is 654. The summed E-state index contributed by atoms with van der Waals surface area (Å²) in [5.74, 6) is 0.770. The minimum absolute atomic E-state index is 0.278. The summed E-state index contributed by atoms with van der Waals surface area (Å²) >= 11 is 0. The van der Waals surface area contributed by atoms with Crippen LogP contribution >= 0.6 is 0 Å². The molecule has 0 atom stereocenters. The molecule has 0 radical (unpaired) electrons. The Morgan fingerprint density at radius 3 is 2.35 bits per heavy atom. The van der Waals surface area contributed by atoms with Gasteiger partial charge in [0, 0.05) is 6.54 Å². The van der Waals surface area contributed by atoms with Crippen LogP contribution in [-0.4, -0.2) is 22.1 Å².